The number of hydrogen-bond acceptors (Lipinski definition) is 3. The molecule has 0 atom stereocenters. The summed E-state index contributed by atoms with van der Waals surface area (Å²) in [5.41, 5.74) is 2.16. The van der Waals surface area contributed by atoms with Crippen molar-refractivity contribution in [3.05, 3.63) is 83.4 Å². The van der Waals surface area contributed by atoms with Gasteiger partial charge in [0.05, 0.1) is 6.42 Å². The molecule has 27 heavy (non-hydrogen) atoms. The lowest BCUT2D eigenvalue weighted by Crippen LogP contribution is -2.15. The maximum atomic E-state index is 13.5. The number of carbonyl (C=O) groups excluding carboxylic acids is 1. The molecule has 0 bridgehead atoms. The topological polar surface area (TPSA) is 39.2 Å². The van der Waals surface area contributed by atoms with Gasteiger partial charge in [0.15, 0.2) is 0 Å². The van der Waals surface area contributed by atoms with Crippen LogP contribution in [-0.2, 0) is 11.2 Å². The number of esters is 1. The normalized spacial score (nSPS) is 10.7. The molecule has 1 heterocycles. The number of carbonyl (C=O) groups is 1. The van der Waals surface area contributed by atoms with Crippen molar-refractivity contribution in [3.8, 4) is 16.9 Å². The molecule has 0 saturated heterocycles. The van der Waals surface area contributed by atoms with E-state index in [0.717, 1.165) is 11.1 Å². The van der Waals surface area contributed by atoms with E-state index in [1.54, 1.807) is 48.8 Å². The van der Waals surface area contributed by atoms with Gasteiger partial charge in [-0.1, -0.05) is 24.3 Å². The van der Waals surface area contributed by atoms with E-state index in [-0.39, 0.29) is 0 Å². The molecule has 0 spiro atoms. The van der Waals surface area contributed by atoms with Crippen LogP contribution in [0.5, 0.6) is 5.75 Å². The highest BCUT2D eigenvalue weighted by atomic mass is 19.2. The van der Waals surface area contributed by atoms with E-state index in [9.17, 15) is 26.7 Å². The highest BCUT2D eigenvalue weighted by Crippen LogP contribution is 2.29. The van der Waals surface area contributed by atoms with Gasteiger partial charge in [0.1, 0.15) is 0 Å². The van der Waals surface area contributed by atoms with Crippen LogP contribution in [0.3, 0.4) is 0 Å². The standard InChI is InChI=1S/C19H10F5NO2/c20-14-15(21)17(23)19(18(24)16(14)22)27-13(26)9-10-1-3-11(4-2-10)12-5-7-25-8-6-12/h1-8H,9H2. The van der Waals surface area contributed by atoms with Crippen molar-refractivity contribution in [2.45, 2.75) is 6.42 Å². The van der Waals surface area contributed by atoms with Gasteiger partial charge in [-0.05, 0) is 28.8 Å². The van der Waals surface area contributed by atoms with Crippen molar-refractivity contribution in [3.63, 3.8) is 0 Å². The predicted octanol–water partition coefficient (Wildman–Crippen LogP) is 4.59. The Morgan fingerprint density at radius 3 is 1.78 bits per heavy atom. The summed E-state index contributed by atoms with van der Waals surface area (Å²) in [7, 11) is 0. The molecule has 1 aromatic heterocycles. The van der Waals surface area contributed by atoms with Crippen LogP contribution in [0.25, 0.3) is 11.1 Å². The van der Waals surface area contributed by atoms with E-state index in [0.29, 0.717) is 5.56 Å². The second-order valence-corrected chi connectivity index (χ2v) is 5.48. The number of halogens is 5. The van der Waals surface area contributed by atoms with Crippen molar-refractivity contribution in [1.82, 2.24) is 4.98 Å². The smallest absolute Gasteiger partial charge is 0.315 e. The fraction of sp³-hybridized carbons (Fsp3) is 0.0526. The number of aromatic nitrogens is 1. The summed E-state index contributed by atoms with van der Waals surface area (Å²) in [6.07, 6.45) is 2.81. The zero-order valence-electron chi connectivity index (χ0n) is 13.5. The van der Waals surface area contributed by atoms with Crippen LogP contribution in [0, 0.1) is 29.1 Å². The zero-order chi connectivity index (χ0) is 19.6. The minimum absolute atomic E-state index is 0.421. The van der Waals surface area contributed by atoms with Gasteiger partial charge in [-0.15, -0.1) is 0 Å². The minimum Gasteiger partial charge on any atom is -0.420 e. The first kappa shape index (κ1) is 18.5. The number of nitrogens with zero attached hydrogens (tertiary/aromatic N) is 1. The lowest BCUT2D eigenvalue weighted by molar-refractivity contribution is -0.134. The Kier molecular flexibility index (Phi) is 5.16. The Labute approximate surface area is 150 Å². The van der Waals surface area contributed by atoms with Gasteiger partial charge in [-0.25, -0.2) is 13.2 Å². The number of rotatable bonds is 4. The van der Waals surface area contributed by atoms with Gasteiger partial charge < -0.3 is 4.74 Å². The molecule has 138 valence electrons. The molecule has 3 aromatic rings. The largest absolute Gasteiger partial charge is 0.420 e. The molecule has 0 unspecified atom stereocenters. The van der Waals surface area contributed by atoms with Crippen LogP contribution < -0.4 is 4.74 Å². The second-order valence-electron chi connectivity index (χ2n) is 5.48. The van der Waals surface area contributed by atoms with Gasteiger partial charge in [0.25, 0.3) is 0 Å². The first-order valence-corrected chi connectivity index (χ1v) is 7.60. The van der Waals surface area contributed by atoms with Gasteiger partial charge in [0, 0.05) is 12.4 Å². The van der Waals surface area contributed by atoms with Gasteiger partial charge in [-0.3, -0.25) is 9.78 Å². The molecule has 0 aliphatic carbocycles. The average molecular weight is 379 g/mol. The molecule has 0 radical (unpaired) electrons. The molecular weight excluding hydrogens is 369 g/mol. The lowest BCUT2D eigenvalue weighted by atomic mass is 10.0. The van der Waals surface area contributed by atoms with E-state index in [1.165, 1.54) is 0 Å². The van der Waals surface area contributed by atoms with Gasteiger partial charge >= 0.3 is 5.97 Å². The van der Waals surface area contributed by atoms with E-state index in [4.69, 9.17) is 0 Å². The van der Waals surface area contributed by atoms with Crippen molar-refractivity contribution >= 4 is 5.97 Å². The fourth-order valence-electron chi connectivity index (χ4n) is 2.35. The maximum Gasteiger partial charge on any atom is 0.315 e. The van der Waals surface area contributed by atoms with Gasteiger partial charge in [-0.2, -0.15) is 8.78 Å². The number of pyridine rings is 1. The Hall–Kier alpha value is -3.29. The molecule has 3 rings (SSSR count). The summed E-state index contributed by atoms with van der Waals surface area (Å²) in [5, 5.41) is 0. The Morgan fingerprint density at radius 2 is 1.22 bits per heavy atom. The first-order valence-electron chi connectivity index (χ1n) is 7.60. The second kappa shape index (κ2) is 7.53. The SMILES string of the molecule is O=C(Cc1ccc(-c2ccncc2)cc1)Oc1c(F)c(F)c(F)c(F)c1F. The van der Waals surface area contributed by atoms with Crippen LogP contribution in [0.2, 0.25) is 0 Å². The molecule has 0 saturated carbocycles. The zero-order valence-corrected chi connectivity index (χ0v) is 13.5. The highest BCUT2D eigenvalue weighted by Gasteiger charge is 2.28. The van der Waals surface area contributed by atoms with Crippen molar-refractivity contribution in [2.75, 3.05) is 0 Å². The summed E-state index contributed by atoms with van der Waals surface area (Å²) in [6, 6.07) is 10.1. The molecule has 8 heteroatoms. The summed E-state index contributed by atoms with van der Waals surface area (Å²) in [6.45, 7) is 0. The molecule has 3 nitrogen and oxygen atoms in total. The van der Waals surface area contributed by atoms with E-state index >= 15 is 0 Å². The number of hydrogen-bond donors (Lipinski definition) is 0. The third-order valence-corrected chi connectivity index (χ3v) is 3.70. The molecule has 0 fully saturated rings. The Bertz CT molecular complexity index is 962. The number of benzene rings is 2. The monoisotopic (exact) mass is 379 g/mol. The molecule has 0 aliphatic heterocycles. The van der Waals surface area contributed by atoms with Crippen molar-refractivity contribution in [2.24, 2.45) is 0 Å². The number of ether oxygens (including phenoxy) is 1. The fourth-order valence-corrected chi connectivity index (χ4v) is 2.35. The van der Waals surface area contributed by atoms with Crippen LogP contribution in [-0.4, -0.2) is 11.0 Å². The first-order chi connectivity index (χ1) is 12.9. The highest BCUT2D eigenvalue weighted by molar-refractivity contribution is 5.75. The molecule has 0 amide bonds. The third-order valence-electron chi connectivity index (χ3n) is 3.70. The van der Waals surface area contributed by atoms with Crippen LogP contribution in [0.15, 0.2) is 48.8 Å². The molecular formula is C19H10F5NO2. The summed E-state index contributed by atoms with van der Waals surface area (Å²) in [5.74, 6) is -13.9. The average Bonchev–Trinajstić information content (AvgIpc) is 2.69. The molecule has 0 aliphatic rings. The van der Waals surface area contributed by atoms with E-state index in [2.05, 4.69) is 9.72 Å². The Balaban J connectivity index is 1.75. The van der Waals surface area contributed by atoms with Crippen LogP contribution >= 0.6 is 0 Å². The van der Waals surface area contributed by atoms with Gasteiger partial charge in [0.2, 0.25) is 34.8 Å². The molecule has 2 aromatic carbocycles. The van der Waals surface area contributed by atoms with Crippen molar-refractivity contribution < 1.29 is 31.5 Å². The van der Waals surface area contributed by atoms with E-state index in [1.807, 2.05) is 0 Å². The predicted molar refractivity (Wildman–Crippen MR) is 85.2 cm³/mol. The quantitative estimate of drug-likeness (QED) is 0.219. The molecule has 0 N–H and O–H groups in total. The van der Waals surface area contributed by atoms with Crippen LogP contribution in [0.4, 0.5) is 22.0 Å². The summed E-state index contributed by atoms with van der Waals surface area (Å²) in [4.78, 5) is 15.7. The van der Waals surface area contributed by atoms with Crippen molar-refractivity contribution in [1.29, 1.82) is 0 Å². The maximum absolute atomic E-state index is 13.5. The lowest BCUT2D eigenvalue weighted by Gasteiger charge is -2.09. The summed E-state index contributed by atoms with van der Waals surface area (Å²) < 4.78 is 70.7. The van der Waals surface area contributed by atoms with Crippen LogP contribution in [0.1, 0.15) is 5.56 Å². The third kappa shape index (κ3) is 3.79. The minimum atomic E-state index is -2.32. The Morgan fingerprint density at radius 1 is 0.741 bits per heavy atom. The van der Waals surface area contributed by atoms with E-state index < -0.39 is 47.2 Å². The summed E-state index contributed by atoms with van der Waals surface area (Å²) >= 11 is 0.